The highest BCUT2D eigenvalue weighted by Gasteiger charge is 2.28. The van der Waals surface area contributed by atoms with Gasteiger partial charge in [0.2, 0.25) is 5.78 Å². The molecule has 0 atom stereocenters. The van der Waals surface area contributed by atoms with Gasteiger partial charge in [-0.3, -0.25) is 9.59 Å². The maximum atomic E-state index is 12.7. The topological polar surface area (TPSA) is 56.5 Å². The zero-order valence-corrected chi connectivity index (χ0v) is 14.6. The lowest BCUT2D eigenvalue weighted by Gasteiger charge is -2.01. The molecule has 1 aromatic heterocycles. The average molecular weight is 375 g/mol. The summed E-state index contributed by atoms with van der Waals surface area (Å²) in [5, 5.41) is 2.72. The van der Waals surface area contributed by atoms with E-state index in [9.17, 15) is 9.59 Å². The zero-order chi connectivity index (χ0) is 18.5. The van der Waals surface area contributed by atoms with E-state index in [2.05, 4.69) is 0 Å². The van der Waals surface area contributed by atoms with Crippen LogP contribution in [0.1, 0.15) is 15.9 Å². The summed E-state index contributed by atoms with van der Waals surface area (Å²) in [5.74, 6) is 0.313. The molecule has 2 heterocycles. The Morgan fingerprint density at radius 3 is 2.52 bits per heavy atom. The number of Topliss-reactive ketones (excluding diaryl/α,β-unsaturated/α-hetero) is 1. The molecule has 0 amide bonds. The van der Waals surface area contributed by atoms with Crippen LogP contribution in [0, 0.1) is 0 Å². The normalized spacial score (nSPS) is 14.7. The number of rotatable bonds is 1. The number of ketones is 1. The van der Waals surface area contributed by atoms with E-state index < -0.39 is 0 Å². The van der Waals surface area contributed by atoms with Gasteiger partial charge in [0.15, 0.2) is 11.2 Å². The second-order valence-corrected chi connectivity index (χ2v) is 6.73. The predicted octanol–water partition coefficient (Wildman–Crippen LogP) is 5.22. The van der Waals surface area contributed by atoms with Crippen LogP contribution in [0.2, 0.25) is 5.02 Å². The van der Waals surface area contributed by atoms with Gasteiger partial charge in [0.1, 0.15) is 17.6 Å². The number of carbonyl (C=O) groups excluding carboxylic acids is 1. The molecule has 3 aromatic carbocycles. The number of hydrogen-bond donors (Lipinski definition) is 0. The minimum Gasteiger partial charge on any atom is -0.463 e. The lowest BCUT2D eigenvalue weighted by molar-refractivity contribution is 0.101. The van der Waals surface area contributed by atoms with Gasteiger partial charge in [-0.1, -0.05) is 35.9 Å². The van der Waals surface area contributed by atoms with Gasteiger partial charge < -0.3 is 9.15 Å². The third kappa shape index (κ3) is 2.54. The molecule has 4 nitrogen and oxygen atoms in total. The van der Waals surface area contributed by atoms with E-state index in [0.29, 0.717) is 27.3 Å². The molecule has 0 radical (unpaired) electrons. The van der Waals surface area contributed by atoms with Gasteiger partial charge in [0.25, 0.3) is 0 Å². The van der Waals surface area contributed by atoms with Gasteiger partial charge in [-0.05, 0) is 47.2 Å². The highest BCUT2D eigenvalue weighted by molar-refractivity contribution is 6.31. The summed E-state index contributed by atoms with van der Waals surface area (Å²) in [6.07, 6.45) is 2.74. The Morgan fingerprint density at radius 2 is 1.70 bits per heavy atom. The van der Waals surface area contributed by atoms with E-state index in [4.69, 9.17) is 20.8 Å². The Bertz CT molecular complexity index is 1350. The van der Waals surface area contributed by atoms with Crippen LogP contribution in [0.25, 0.3) is 27.8 Å². The van der Waals surface area contributed by atoms with Crippen molar-refractivity contribution < 1.29 is 13.9 Å². The second-order valence-electron chi connectivity index (χ2n) is 6.30. The van der Waals surface area contributed by atoms with Crippen molar-refractivity contribution in [1.29, 1.82) is 0 Å². The fourth-order valence-corrected chi connectivity index (χ4v) is 3.41. The SMILES string of the molecule is O=C1/C(=C/c2coc3ccc(Cl)cc3c2=O)Oc2cc3ccccc3cc21. The van der Waals surface area contributed by atoms with Gasteiger partial charge in [-0.2, -0.15) is 0 Å². The summed E-state index contributed by atoms with van der Waals surface area (Å²) in [6, 6.07) is 16.2. The van der Waals surface area contributed by atoms with Crippen LogP contribution in [0.4, 0.5) is 0 Å². The van der Waals surface area contributed by atoms with Crippen molar-refractivity contribution in [2.45, 2.75) is 0 Å². The van der Waals surface area contributed by atoms with Crippen LogP contribution in [-0.2, 0) is 0 Å². The third-order valence-corrected chi connectivity index (χ3v) is 4.82. The van der Waals surface area contributed by atoms with Gasteiger partial charge in [0, 0.05) is 5.02 Å². The molecule has 5 rings (SSSR count). The van der Waals surface area contributed by atoms with Crippen molar-refractivity contribution in [3.05, 3.63) is 93.0 Å². The maximum Gasteiger partial charge on any atom is 0.231 e. The highest BCUT2D eigenvalue weighted by Crippen LogP contribution is 2.35. The second kappa shape index (κ2) is 5.83. The summed E-state index contributed by atoms with van der Waals surface area (Å²) < 4.78 is 11.2. The first kappa shape index (κ1) is 15.9. The number of benzene rings is 3. The number of halogens is 1. The molecule has 130 valence electrons. The van der Waals surface area contributed by atoms with Crippen molar-refractivity contribution in [2.24, 2.45) is 0 Å². The number of allylic oxidation sites excluding steroid dienone is 1. The largest absolute Gasteiger partial charge is 0.463 e. The molecule has 0 fully saturated rings. The van der Waals surface area contributed by atoms with Gasteiger partial charge in [-0.15, -0.1) is 0 Å². The van der Waals surface area contributed by atoms with E-state index in [1.807, 2.05) is 30.3 Å². The summed E-state index contributed by atoms with van der Waals surface area (Å²) in [6.45, 7) is 0. The van der Waals surface area contributed by atoms with Gasteiger partial charge in [0.05, 0.1) is 16.5 Å². The predicted molar refractivity (Wildman–Crippen MR) is 104 cm³/mol. The number of ether oxygens (including phenoxy) is 1. The molecule has 4 aromatic rings. The number of hydrogen-bond acceptors (Lipinski definition) is 4. The first-order valence-corrected chi connectivity index (χ1v) is 8.66. The number of carbonyl (C=O) groups is 1. The third-order valence-electron chi connectivity index (χ3n) is 4.58. The van der Waals surface area contributed by atoms with Crippen LogP contribution in [0.5, 0.6) is 5.75 Å². The van der Waals surface area contributed by atoms with Crippen molar-refractivity contribution in [3.8, 4) is 5.75 Å². The number of fused-ring (bicyclic) bond motifs is 3. The summed E-state index contributed by atoms with van der Waals surface area (Å²) in [4.78, 5) is 25.4. The molecule has 0 aliphatic carbocycles. The average Bonchev–Trinajstić information content (AvgIpc) is 2.97. The van der Waals surface area contributed by atoms with Crippen molar-refractivity contribution in [1.82, 2.24) is 0 Å². The molecular formula is C22H11ClO4. The Hall–Kier alpha value is -3.37. The van der Waals surface area contributed by atoms with Crippen molar-refractivity contribution >= 4 is 45.2 Å². The molecule has 1 aliphatic heterocycles. The van der Waals surface area contributed by atoms with Gasteiger partial charge in [-0.25, -0.2) is 0 Å². The van der Waals surface area contributed by atoms with Crippen LogP contribution in [-0.4, -0.2) is 5.78 Å². The van der Waals surface area contributed by atoms with Crippen LogP contribution in [0.3, 0.4) is 0 Å². The zero-order valence-electron chi connectivity index (χ0n) is 13.9. The molecule has 0 N–H and O–H groups in total. The Labute approximate surface area is 158 Å². The molecule has 0 spiro atoms. The maximum absolute atomic E-state index is 12.7. The minimum absolute atomic E-state index is 0.0917. The summed E-state index contributed by atoms with van der Waals surface area (Å²) in [5.41, 5.74) is 0.863. The van der Waals surface area contributed by atoms with E-state index in [1.54, 1.807) is 24.3 Å². The van der Waals surface area contributed by atoms with E-state index in [1.165, 1.54) is 12.3 Å². The fraction of sp³-hybridized carbons (Fsp3) is 0. The molecule has 27 heavy (non-hydrogen) atoms. The van der Waals surface area contributed by atoms with Crippen LogP contribution >= 0.6 is 11.6 Å². The van der Waals surface area contributed by atoms with Gasteiger partial charge >= 0.3 is 0 Å². The molecule has 0 saturated heterocycles. The van der Waals surface area contributed by atoms with E-state index in [-0.39, 0.29) is 22.5 Å². The van der Waals surface area contributed by atoms with Crippen LogP contribution in [0.15, 0.2) is 75.8 Å². The highest BCUT2D eigenvalue weighted by atomic mass is 35.5. The molecule has 5 heteroatoms. The minimum atomic E-state index is -0.274. The van der Waals surface area contributed by atoms with E-state index >= 15 is 0 Å². The molecular weight excluding hydrogens is 364 g/mol. The molecule has 1 aliphatic rings. The molecule has 0 saturated carbocycles. The standard InChI is InChI=1S/C22H11ClO4/c23-15-5-6-18-17(10-15)21(24)14(11-26-18)9-20-22(25)16-7-12-3-1-2-4-13(12)8-19(16)27-20/h1-11H/b20-9-. The Kier molecular flexibility index (Phi) is 3.42. The van der Waals surface area contributed by atoms with Crippen molar-refractivity contribution in [3.63, 3.8) is 0 Å². The lowest BCUT2D eigenvalue weighted by Crippen LogP contribution is -2.07. The fourth-order valence-electron chi connectivity index (χ4n) is 3.23. The Balaban J connectivity index is 1.63. The van der Waals surface area contributed by atoms with E-state index in [0.717, 1.165) is 10.8 Å². The molecule has 0 unspecified atom stereocenters. The molecule has 0 bridgehead atoms. The van der Waals surface area contributed by atoms with Crippen molar-refractivity contribution in [2.75, 3.05) is 0 Å². The summed E-state index contributed by atoms with van der Waals surface area (Å²) >= 11 is 5.97. The first-order chi connectivity index (χ1) is 13.1. The van der Waals surface area contributed by atoms with Crippen LogP contribution < -0.4 is 10.2 Å². The first-order valence-electron chi connectivity index (χ1n) is 8.28. The summed E-state index contributed by atoms with van der Waals surface area (Å²) in [7, 11) is 0. The smallest absolute Gasteiger partial charge is 0.231 e. The monoisotopic (exact) mass is 374 g/mol. The lowest BCUT2D eigenvalue weighted by atomic mass is 10.0. The quantitative estimate of drug-likeness (QED) is 0.429. The Morgan fingerprint density at radius 1 is 0.926 bits per heavy atom.